The van der Waals surface area contributed by atoms with Crippen molar-refractivity contribution in [1.29, 1.82) is 0 Å². The van der Waals surface area contributed by atoms with Crippen LogP contribution in [0.3, 0.4) is 0 Å². The standard InChI is InChI=1S/C21H25N5S/c1-16-8-9-18(20(12-16)27-3)15-24-21(22-2)23-14-17-6-4-7-19(13-17)26-11-5-10-25-26/h4-13H,14-15H2,1-3H3,(H2,22,23,24). The van der Waals surface area contributed by atoms with Crippen LogP contribution in [0.25, 0.3) is 5.69 Å². The Hall–Kier alpha value is -2.73. The molecule has 0 atom stereocenters. The van der Waals surface area contributed by atoms with E-state index in [9.17, 15) is 0 Å². The van der Waals surface area contributed by atoms with Gasteiger partial charge in [-0.05, 0) is 54.1 Å². The molecule has 2 aromatic carbocycles. The van der Waals surface area contributed by atoms with Gasteiger partial charge >= 0.3 is 0 Å². The molecule has 0 bridgehead atoms. The molecular weight excluding hydrogens is 354 g/mol. The highest BCUT2D eigenvalue weighted by molar-refractivity contribution is 7.98. The van der Waals surface area contributed by atoms with E-state index in [1.54, 1.807) is 25.0 Å². The van der Waals surface area contributed by atoms with E-state index in [0.29, 0.717) is 6.54 Å². The Bertz CT molecular complexity index is 903. The van der Waals surface area contributed by atoms with Crippen molar-refractivity contribution < 1.29 is 0 Å². The highest BCUT2D eigenvalue weighted by Crippen LogP contribution is 2.21. The molecule has 0 spiro atoms. The summed E-state index contributed by atoms with van der Waals surface area (Å²) in [6.07, 6.45) is 5.83. The van der Waals surface area contributed by atoms with Gasteiger partial charge < -0.3 is 10.6 Å². The van der Waals surface area contributed by atoms with Crippen LogP contribution in [0.4, 0.5) is 0 Å². The number of aryl methyl sites for hydroxylation is 1. The van der Waals surface area contributed by atoms with Crippen LogP contribution in [0.5, 0.6) is 0 Å². The lowest BCUT2D eigenvalue weighted by atomic mass is 10.1. The normalized spacial score (nSPS) is 11.4. The lowest BCUT2D eigenvalue weighted by Gasteiger charge is -2.14. The van der Waals surface area contributed by atoms with Gasteiger partial charge in [0, 0.05) is 37.4 Å². The number of thioether (sulfide) groups is 1. The zero-order valence-corrected chi connectivity index (χ0v) is 16.8. The number of nitrogens with one attached hydrogen (secondary N) is 2. The number of benzene rings is 2. The van der Waals surface area contributed by atoms with Gasteiger partial charge in [0.2, 0.25) is 0 Å². The van der Waals surface area contributed by atoms with Crippen LogP contribution < -0.4 is 10.6 Å². The molecule has 1 aromatic heterocycles. The monoisotopic (exact) mass is 379 g/mol. The summed E-state index contributed by atoms with van der Waals surface area (Å²) in [5.74, 6) is 0.784. The van der Waals surface area contributed by atoms with E-state index in [2.05, 4.69) is 64.2 Å². The summed E-state index contributed by atoms with van der Waals surface area (Å²) < 4.78 is 1.86. The van der Waals surface area contributed by atoms with E-state index >= 15 is 0 Å². The second-order valence-corrected chi connectivity index (χ2v) is 7.06. The molecule has 2 N–H and O–H groups in total. The number of hydrogen-bond acceptors (Lipinski definition) is 3. The van der Waals surface area contributed by atoms with Crippen molar-refractivity contribution in [3.63, 3.8) is 0 Å². The van der Waals surface area contributed by atoms with Gasteiger partial charge in [0.15, 0.2) is 5.96 Å². The summed E-state index contributed by atoms with van der Waals surface area (Å²) in [7, 11) is 1.79. The third-order valence-electron chi connectivity index (χ3n) is 4.25. The molecule has 3 aromatic rings. The van der Waals surface area contributed by atoms with Crippen LogP contribution in [-0.2, 0) is 13.1 Å². The molecule has 0 aliphatic heterocycles. The molecule has 5 nitrogen and oxygen atoms in total. The molecule has 0 aliphatic carbocycles. The van der Waals surface area contributed by atoms with E-state index in [1.165, 1.54) is 21.6 Å². The SMILES string of the molecule is CN=C(NCc1cccc(-n2cccn2)c1)NCc1ccc(C)cc1SC. The Labute approximate surface area is 164 Å². The minimum atomic E-state index is 0.693. The molecule has 0 amide bonds. The summed E-state index contributed by atoms with van der Waals surface area (Å²) >= 11 is 1.77. The fourth-order valence-corrected chi connectivity index (χ4v) is 3.52. The van der Waals surface area contributed by atoms with Gasteiger partial charge in [-0.3, -0.25) is 4.99 Å². The van der Waals surface area contributed by atoms with Gasteiger partial charge in [0.05, 0.1) is 5.69 Å². The molecule has 1 heterocycles. The first-order valence-electron chi connectivity index (χ1n) is 8.86. The minimum Gasteiger partial charge on any atom is -0.352 e. The van der Waals surface area contributed by atoms with Crippen LogP contribution in [0.15, 0.2) is 70.8 Å². The van der Waals surface area contributed by atoms with Gasteiger partial charge in [-0.15, -0.1) is 11.8 Å². The van der Waals surface area contributed by atoms with Crippen molar-refractivity contribution in [2.75, 3.05) is 13.3 Å². The summed E-state index contributed by atoms with van der Waals surface area (Å²) in [6, 6.07) is 16.8. The Morgan fingerprint density at radius 2 is 1.96 bits per heavy atom. The zero-order valence-electron chi connectivity index (χ0n) is 15.9. The first kappa shape index (κ1) is 19.0. The van der Waals surface area contributed by atoms with Crippen LogP contribution >= 0.6 is 11.8 Å². The summed E-state index contributed by atoms with van der Waals surface area (Å²) in [6.45, 7) is 3.55. The van der Waals surface area contributed by atoms with Crippen molar-refractivity contribution in [2.24, 2.45) is 4.99 Å². The predicted molar refractivity (Wildman–Crippen MR) is 114 cm³/mol. The topological polar surface area (TPSA) is 54.2 Å². The van der Waals surface area contributed by atoms with E-state index in [0.717, 1.165) is 18.2 Å². The van der Waals surface area contributed by atoms with Crippen LogP contribution in [0.1, 0.15) is 16.7 Å². The van der Waals surface area contributed by atoms with Crippen molar-refractivity contribution in [2.45, 2.75) is 24.9 Å². The van der Waals surface area contributed by atoms with Crippen molar-refractivity contribution in [3.8, 4) is 5.69 Å². The molecule has 0 unspecified atom stereocenters. The number of rotatable bonds is 6. The maximum atomic E-state index is 4.33. The Balaban J connectivity index is 1.59. The number of guanidine groups is 1. The summed E-state index contributed by atoms with van der Waals surface area (Å²) in [4.78, 5) is 5.63. The smallest absolute Gasteiger partial charge is 0.191 e. The fourth-order valence-electron chi connectivity index (χ4n) is 2.81. The molecule has 6 heteroatoms. The summed E-state index contributed by atoms with van der Waals surface area (Å²) in [5, 5.41) is 11.1. The van der Waals surface area contributed by atoms with Crippen LogP contribution in [0.2, 0.25) is 0 Å². The van der Waals surface area contributed by atoms with Gasteiger partial charge in [0.1, 0.15) is 0 Å². The lowest BCUT2D eigenvalue weighted by Crippen LogP contribution is -2.36. The average Bonchev–Trinajstić information content (AvgIpc) is 3.24. The van der Waals surface area contributed by atoms with Crippen molar-refractivity contribution in [3.05, 3.63) is 77.6 Å². The van der Waals surface area contributed by atoms with E-state index in [1.807, 2.05) is 29.1 Å². The maximum absolute atomic E-state index is 4.33. The molecule has 140 valence electrons. The third kappa shape index (κ3) is 5.14. The number of nitrogens with zero attached hydrogens (tertiary/aromatic N) is 3. The third-order valence-corrected chi connectivity index (χ3v) is 5.07. The highest BCUT2D eigenvalue weighted by Gasteiger charge is 2.05. The average molecular weight is 380 g/mol. The Morgan fingerprint density at radius 1 is 1.11 bits per heavy atom. The molecule has 0 fully saturated rings. The largest absolute Gasteiger partial charge is 0.352 e. The van der Waals surface area contributed by atoms with E-state index in [4.69, 9.17) is 0 Å². The number of hydrogen-bond donors (Lipinski definition) is 2. The zero-order chi connectivity index (χ0) is 19.1. The number of aliphatic imine (C=N–C) groups is 1. The molecule has 27 heavy (non-hydrogen) atoms. The van der Waals surface area contributed by atoms with Crippen LogP contribution in [0, 0.1) is 6.92 Å². The number of aromatic nitrogens is 2. The Morgan fingerprint density at radius 3 is 2.70 bits per heavy atom. The van der Waals surface area contributed by atoms with E-state index in [-0.39, 0.29) is 0 Å². The van der Waals surface area contributed by atoms with E-state index < -0.39 is 0 Å². The van der Waals surface area contributed by atoms with Gasteiger partial charge in [-0.2, -0.15) is 5.10 Å². The van der Waals surface area contributed by atoms with Gasteiger partial charge in [-0.1, -0.05) is 24.3 Å². The second kappa shape index (κ2) is 9.28. The second-order valence-electron chi connectivity index (χ2n) is 6.22. The predicted octanol–water partition coefficient (Wildman–Crippen LogP) is 3.77. The molecular formula is C21H25N5S. The summed E-state index contributed by atoms with van der Waals surface area (Å²) in [5.41, 5.74) is 4.78. The molecule has 0 aliphatic rings. The van der Waals surface area contributed by atoms with Crippen molar-refractivity contribution in [1.82, 2.24) is 20.4 Å². The highest BCUT2D eigenvalue weighted by atomic mass is 32.2. The first-order chi connectivity index (χ1) is 13.2. The minimum absolute atomic E-state index is 0.693. The molecule has 0 radical (unpaired) electrons. The maximum Gasteiger partial charge on any atom is 0.191 e. The molecule has 0 saturated heterocycles. The fraction of sp³-hybridized carbons (Fsp3) is 0.238. The first-order valence-corrected chi connectivity index (χ1v) is 10.1. The lowest BCUT2D eigenvalue weighted by molar-refractivity contribution is 0.799. The molecule has 3 rings (SSSR count). The Kier molecular flexibility index (Phi) is 6.54. The quantitative estimate of drug-likeness (QED) is 0.389. The van der Waals surface area contributed by atoms with Gasteiger partial charge in [-0.25, -0.2) is 4.68 Å². The molecule has 0 saturated carbocycles. The van der Waals surface area contributed by atoms with Crippen LogP contribution in [-0.4, -0.2) is 29.0 Å². The van der Waals surface area contributed by atoms with Crippen molar-refractivity contribution >= 4 is 17.7 Å². The van der Waals surface area contributed by atoms with Gasteiger partial charge in [0.25, 0.3) is 0 Å².